The molecule has 0 radical (unpaired) electrons. The maximum atomic E-state index is 12.5. The lowest BCUT2D eigenvalue weighted by atomic mass is 10.1. The summed E-state index contributed by atoms with van der Waals surface area (Å²) in [6.07, 6.45) is 0.680. The van der Waals surface area contributed by atoms with Crippen LogP contribution in [0.1, 0.15) is 15.9 Å². The van der Waals surface area contributed by atoms with Gasteiger partial charge in [0.1, 0.15) is 17.1 Å². The Hall–Kier alpha value is -2.89. The van der Waals surface area contributed by atoms with Gasteiger partial charge in [0.2, 0.25) is 6.79 Å². The number of hydrogen-bond donors (Lipinski definition) is 1. The molecule has 0 saturated carbocycles. The minimum atomic E-state index is -0.231. The summed E-state index contributed by atoms with van der Waals surface area (Å²) in [5.74, 6) is 2.22. The molecular formula is C18H19NO5. The maximum absolute atomic E-state index is 12.5. The van der Waals surface area contributed by atoms with Gasteiger partial charge in [0.05, 0.1) is 14.2 Å². The van der Waals surface area contributed by atoms with E-state index in [-0.39, 0.29) is 12.7 Å². The fourth-order valence-corrected chi connectivity index (χ4v) is 2.58. The smallest absolute Gasteiger partial charge is 0.258 e. The van der Waals surface area contributed by atoms with Gasteiger partial charge in [-0.05, 0) is 36.2 Å². The van der Waals surface area contributed by atoms with E-state index in [0.29, 0.717) is 30.0 Å². The average Bonchev–Trinajstić information content (AvgIpc) is 3.08. The van der Waals surface area contributed by atoms with Gasteiger partial charge in [-0.3, -0.25) is 4.79 Å². The predicted molar refractivity (Wildman–Crippen MR) is 88.1 cm³/mol. The molecule has 0 saturated heterocycles. The van der Waals surface area contributed by atoms with E-state index < -0.39 is 0 Å². The van der Waals surface area contributed by atoms with Gasteiger partial charge in [-0.2, -0.15) is 0 Å². The van der Waals surface area contributed by atoms with E-state index in [4.69, 9.17) is 18.9 Å². The van der Waals surface area contributed by atoms with Gasteiger partial charge in [0.25, 0.3) is 5.91 Å². The van der Waals surface area contributed by atoms with Gasteiger partial charge in [-0.1, -0.05) is 12.1 Å². The van der Waals surface area contributed by atoms with Crippen LogP contribution in [0.25, 0.3) is 0 Å². The van der Waals surface area contributed by atoms with E-state index in [1.54, 1.807) is 18.2 Å². The lowest BCUT2D eigenvalue weighted by Crippen LogP contribution is -2.26. The Bertz CT molecular complexity index is 722. The minimum absolute atomic E-state index is 0.231. The van der Waals surface area contributed by atoms with E-state index >= 15 is 0 Å². The summed E-state index contributed by atoms with van der Waals surface area (Å²) < 4.78 is 21.1. The van der Waals surface area contributed by atoms with Crippen LogP contribution in [-0.4, -0.2) is 33.5 Å². The van der Waals surface area contributed by atoms with Crippen LogP contribution >= 0.6 is 0 Å². The molecule has 0 spiro atoms. The normalized spacial score (nSPS) is 11.9. The van der Waals surface area contributed by atoms with Crippen LogP contribution in [0, 0.1) is 0 Å². The Labute approximate surface area is 140 Å². The van der Waals surface area contributed by atoms with Crippen molar-refractivity contribution in [3.8, 4) is 23.0 Å². The first-order chi connectivity index (χ1) is 11.7. The Morgan fingerprint density at radius 1 is 1.08 bits per heavy atom. The van der Waals surface area contributed by atoms with Crippen molar-refractivity contribution in [2.24, 2.45) is 0 Å². The molecule has 2 aromatic rings. The summed E-state index contributed by atoms with van der Waals surface area (Å²) in [6, 6.07) is 11.0. The van der Waals surface area contributed by atoms with Crippen LogP contribution in [0.15, 0.2) is 36.4 Å². The van der Waals surface area contributed by atoms with Crippen molar-refractivity contribution < 1.29 is 23.7 Å². The molecule has 1 aliphatic rings. The number of amides is 1. The molecule has 0 unspecified atom stereocenters. The van der Waals surface area contributed by atoms with Crippen molar-refractivity contribution in [1.29, 1.82) is 0 Å². The average molecular weight is 329 g/mol. The molecule has 0 aliphatic carbocycles. The van der Waals surface area contributed by atoms with E-state index in [9.17, 15) is 4.79 Å². The molecule has 24 heavy (non-hydrogen) atoms. The first kappa shape index (κ1) is 16.0. The predicted octanol–water partition coefficient (Wildman–Crippen LogP) is 2.41. The third-order valence-corrected chi connectivity index (χ3v) is 3.79. The van der Waals surface area contributed by atoms with Gasteiger partial charge < -0.3 is 24.3 Å². The number of nitrogens with one attached hydrogen (secondary N) is 1. The molecule has 0 aromatic heterocycles. The summed E-state index contributed by atoms with van der Waals surface area (Å²) in [7, 11) is 3.05. The standard InChI is InChI=1S/C18H19NO5/c1-21-14-4-3-5-15(22-2)17(14)18(20)19-9-8-12-6-7-13-16(10-12)24-11-23-13/h3-7,10H,8-9,11H2,1-2H3,(H,19,20). The van der Waals surface area contributed by atoms with Crippen LogP contribution in [0.3, 0.4) is 0 Å². The first-order valence-corrected chi connectivity index (χ1v) is 7.60. The highest BCUT2D eigenvalue weighted by molar-refractivity contribution is 5.99. The van der Waals surface area contributed by atoms with Gasteiger partial charge in [0.15, 0.2) is 11.5 Å². The molecule has 6 heteroatoms. The second kappa shape index (κ2) is 7.12. The van der Waals surface area contributed by atoms with E-state index in [0.717, 1.165) is 17.1 Å². The highest BCUT2D eigenvalue weighted by atomic mass is 16.7. The number of fused-ring (bicyclic) bond motifs is 1. The number of carbonyl (C=O) groups is 1. The quantitative estimate of drug-likeness (QED) is 0.881. The Balaban J connectivity index is 1.64. The van der Waals surface area contributed by atoms with Crippen molar-refractivity contribution in [2.45, 2.75) is 6.42 Å². The van der Waals surface area contributed by atoms with Crippen LogP contribution in [-0.2, 0) is 6.42 Å². The van der Waals surface area contributed by atoms with Crippen LogP contribution in [0.2, 0.25) is 0 Å². The molecule has 126 valence electrons. The molecule has 1 N–H and O–H groups in total. The highest BCUT2D eigenvalue weighted by Gasteiger charge is 2.18. The number of benzene rings is 2. The monoisotopic (exact) mass is 329 g/mol. The summed E-state index contributed by atoms with van der Waals surface area (Å²) in [5, 5.41) is 2.89. The number of rotatable bonds is 6. The van der Waals surface area contributed by atoms with Gasteiger partial charge in [0, 0.05) is 6.54 Å². The summed E-state index contributed by atoms with van der Waals surface area (Å²) >= 11 is 0. The van der Waals surface area contributed by atoms with Gasteiger partial charge in [-0.25, -0.2) is 0 Å². The first-order valence-electron chi connectivity index (χ1n) is 7.60. The van der Waals surface area contributed by atoms with Crippen molar-refractivity contribution in [3.63, 3.8) is 0 Å². The van der Waals surface area contributed by atoms with E-state index in [1.807, 2.05) is 18.2 Å². The lowest BCUT2D eigenvalue weighted by Gasteiger charge is -2.13. The fourth-order valence-electron chi connectivity index (χ4n) is 2.58. The van der Waals surface area contributed by atoms with Crippen LogP contribution in [0.4, 0.5) is 0 Å². The zero-order valence-corrected chi connectivity index (χ0v) is 13.6. The highest BCUT2D eigenvalue weighted by Crippen LogP contribution is 2.32. The van der Waals surface area contributed by atoms with Crippen molar-refractivity contribution in [1.82, 2.24) is 5.32 Å². The molecule has 1 amide bonds. The number of carbonyl (C=O) groups excluding carboxylic acids is 1. The molecular weight excluding hydrogens is 310 g/mol. The Morgan fingerprint density at radius 2 is 1.79 bits per heavy atom. The topological polar surface area (TPSA) is 66.0 Å². The fraction of sp³-hybridized carbons (Fsp3) is 0.278. The van der Waals surface area contributed by atoms with Crippen LogP contribution < -0.4 is 24.3 Å². The molecule has 6 nitrogen and oxygen atoms in total. The Morgan fingerprint density at radius 3 is 2.50 bits per heavy atom. The van der Waals surface area contributed by atoms with Crippen molar-refractivity contribution in [3.05, 3.63) is 47.5 Å². The maximum Gasteiger partial charge on any atom is 0.258 e. The SMILES string of the molecule is COc1cccc(OC)c1C(=O)NCCc1ccc2c(c1)OCO2. The lowest BCUT2D eigenvalue weighted by molar-refractivity contribution is 0.0948. The summed E-state index contributed by atoms with van der Waals surface area (Å²) in [4.78, 5) is 12.5. The second-order valence-electron chi connectivity index (χ2n) is 5.23. The number of ether oxygens (including phenoxy) is 4. The van der Waals surface area contributed by atoms with Gasteiger partial charge >= 0.3 is 0 Å². The molecule has 0 fully saturated rings. The third kappa shape index (κ3) is 3.22. The van der Waals surface area contributed by atoms with E-state index in [1.165, 1.54) is 14.2 Å². The second-order valence-corrected chi connectivity index (χ2v) is 5.23. The summed E-state index contributed by atoms with van der Waals surface area (Å²) in [5.41, 5.74) is 1.46. The zero-order valence-electron chi connectivity index (χ0n) is 13.6. The zero-order chi connectivity index (χ0) is 16.9. The van der Waals surface area contributed by atoms with Crippen molar-refractivity contribution in [2.75, 3.05) is 27.6 Å². The Kier molecular flexibility index (Phi) is 4.74. The van der Waals surface area contributed by atoms with Gasteiger partial charge in [-0.15, -0.1) is 0 Å². The van der Waals surface area contributed by atoms with Crippen molar-refractivity contribution >= 4 is 5.91 Å². The largest absolute Gasteiger partial charge is 0.496 e. The number of methoxy groups -OCH3 is 2. The molecule has 0 bridgehead atoms. The summed E-state index contributed by atoms with van der Waals surface area (Å²) in [6.45, 7) is 0.739. The number of hydrogen-bond acceptors (Lipinski definition) is 5. The minimum Gasteiger partial charge on any atom is -0.496 e. The molecule has 1 aliphatic heterocycles. The van der Waals surface area contributed by atoms with E-state index in [2.05, 4.69) is 5.32 Å². The molecule has 0 atom stereocenters. The molecule has 3 rings (SSSR count). The molecule has 1 heterocycles. The molecule has 2 aromatic carbocycles. The van der Waals surface area contributed by atoms with Crippen LogP contribution in [0.5, 0.6) is 23.0 Å². The third-order valence-electron chi connectivity index (χ3n) is 3.79.